The lowest BCUT2D eigenvalue weighted by Gasteiger charge is -2.23. The molecule has 1 aliphatic heterocycles. The van der Waals surface area contributed by atoms with E-state index in [1.54, 1.807) is 0 Å². The van der Waals surface area contributed by atoms with Gasteiger partial charge in [0.15, 0.2) is 0 Å². The molecule has 0 saturated heterocycles. The summed E-state index contributed by atoms with van der Waals surface area (Å²) in [6.45, 7) is 8.20. The monoisotopic (exact) mass is 238 g/mol. The third-order valence-electron chi connectivity index (χ3n) is 2.77. The molecule has 4 nitrogen and oxygen atoms in total. The van der Waals surface area contributed by atoms with Crippen molar-refractivity contribution >= 4 is 11.8 Å². The molecule has 0 aromatic heterocycles. The molecule has 1 unspecified atom stereocenters. The lowest BCUT2D eigenvalue weighted by molar-refractivity contribution is -0.138. The van der Waals surface area contributed by atoms with E-state index in [2.05, 4.69) is 17.2 Å². The number of ether oxygens (including phenoxy) is 1. The third-order valence-corrected chi connectivity index (χ3v) is 2.77. The van der Waals surface area contributed by atoms with Crippen molar-refractivity contribution in [1.29, 1.82) is 0 Å². The van der Waals surface area contributed by atoms with Gasteiger partial charge in [0.1, 0.15) is 5.84 Å². The van der Waals surface area contributed by atoms with Crippen LogP contribution in [0.2, 0.25) is 0 Å². The van der Waals surface area contributed by atoms with Crippen LogP contribution in [0, 0.1) is 0 Å². The molecule has 0 fully saturated rings. The molecule has 1 N–H and O–H groups in total. The fourth-order valence-corrected chi connectivity index (χ4v) is 1.93. The normalized spacial score (nSPS) is 19.8. The van der Waals surface area contributed by atoms with Crippen LogP contribution < -0.4 is 5.32 Å². The molecular weight excluding hydrogens is 216 g/mol. The molecule has 0 aromatic carbocycles. The molecule has 0 aliphatic carbocycles. The van der Waals surface area contributed by atoms with Gasteiger partial charge in [-0.05, 0) is 27.2 Å². The summed E-state index contributed by atoms with van der Waals surface area (Å²) >= 11 is 0. The van der Waals surface area contributed by atoms with Crippen molar-refractivity contribution in [1.82, 2.24) is 5.32 Å². The molecule has 1 heterocycles. The number of nitrogens with one attached hydrogen (secondary N) is 1. The van der Waals surface area contributed by atoms with Gasteiger partial charge in [0.2, 0.25) is 0 Å². The zero-order chi connectivity index (χ0) is 12.8. The molecule has 4 heteroatoms. The maximum Gasteiger partial charge on any atom is 0.337 e. The number of esters is 1. The summed E-state index contributed by atoms with van der Waals surface area (Å²) in [5.41, 5.74) is 1.52. The molecule has 17 heavy (non-hydrogen) atoms. The van der Waals surface area contributed by atoms with Crippen molar-refractivity contribution in [3.63, 3.8) is 0 Å². The third kappa shape index (κ3) is 3.58. The molecule has 1 atom stereocenters. The molecule has 96 valence electrons. The van der Waals surface area contributed by atoms with E-state index < -0.39 is 0 Å². The molecule has 1 rings (SSSR count). The van der Waals surface area contributed by atoms with E-state index in [-0.39, 0.29) is 12.0 Å². The van der Waals surface area contributed by atoms with Crippen molar-refractivity contribution in [2.45, 2.75) is 53.0 Å². The molecule has 0 spiro atoms. The van der Waals surface area contributed by atoms with Gasteiger partial charge in [-0.1, -0.05) is 13.3 Å². The average molecular weight is 238 g/mol. The van der Waals surface area contributed by atoms with Crippen molar-refractivity contribution in [3.05, 3.63) is 11.3 Å². The van der Waals surface area contributed by atoms with E-state index in [0.717, 1.165) is 30.8 Å². The van der Waals surface area contributed by atoms with E-state index in [4.69, 9.17) is 4.74 Å². The van der Waals surface area contributed by atoms with Gasteiger partial charge in [0.25, 0.3) is 0 Å². The van der Waals surface area contributed by atoms with E-state index in [1.165, 1.54) is 0 Å². The highest BCUT2D eigenvalue weighted by Crippen LogP contribution is 2.18. The number of rotatable bonds is 5. The SMILES string of the molecule is CCCCC1=NC(C)C(C(=O)OCC)=C(C)N1. The topological polar surface area (TPSA) is 50.7 Å². The van der Waals surface area contributed by atoms with Crippen LogP contribution in [0.4, 0.5) is 0 Å². The summed E-state index contributed by atoms with van der Waals surface area (Å²) in [6, 6.07) is -0.109. The predicted octanol–water partition coefficient (Wildman–Crippen LogP) is 2.40. The first kappa shape index (κ1) is 13.7. The first-order valence-corrected chi connectivity index (χ1v) is 6.31. The Bertz CT molecular complexity index is 345. The Morgan fingerprint density at radius 2 is 2.18 bits per heavy atom. The number of hydrogen-bond donors (Lipinski definition) is 1. The van der Waals surface area contributed by atoms with Gasteiger partial charge in [0, 0.05) is 12.1 Å². The summed E-state index contributed by atoms with van der Waals surface area (Å²) in [4.78, 5) is 16.3. The highest BCUT2D eigenvalue weighted by atomic mass is 16.5. The van der Waals surface area contributed by atoms with Gasteiger partial charge in [-0.2, -0.15) is 0 Å². The minimum absolute atomic E-state index is 0.109. The Hall–Kier alpha value is -1.32. The second-order valence-corrected chi connectivity index (χ2v) is 4.24. The number of nitrogens with zero attached hydrogens (tertiary/aromatic N) is 1. The molecule has 0 saturated carbocycles. The Balaban J connectivity index is 2.73. The fourth-order valence-electron chi connectivity index (χ4n) is 1.93. The highest BCUT2D eigenvalue weighted by molar-refractivity contribution is 5.95. The molecular formula is C13H22N2O2. The number of hydrogen-bond acceptors (Lipinski definition) is 4. The Kier molecular flexibility index (Phi) is 5.19. The second kappa shape index (κ2) is 6.42. The number of carbonyl (C=O) groups excluding carboxylic acids is 1. The quantitative estimate of drug-likeness (QED) is 0.748. The summed E-state index contributed by atoms with van der Waals surface area (Å²) < 4.78 is 5.03. The van der Waals surface area contributed by atoms with Crippen LogP contribution in [0.3, 0.4) is 0 Å². The molecule has 1 aliphatic rings. The van der Waals surface area contributed by atoms with Crippen LogP contribution >= 0.6 is 0 Å². The summed E-state index contributed by atoms with van der Waals surface area (Å²) in [5, 5.41) is 3.20. The smallest absolute Gasteiger partial charge is 0.337 e. The fraction of sp³-hybridized carbons (Fsp3) is 0.692. The van der Waals surface area contributed by atoms with Crippen molar-refractivity contribution in [2.24, 2.45) is 4.99 Å². The van der Waals surface area contributed by atoms with Gasteiger partial charge in [-0.3, -0.25) is 4.99 Å². The Labute approximate surface area is 103 Å². The van der Waals surface area contributed by atoms with Gasteiger partial charge in [-0.15, -0.1) is 0 Å². The maximum atomic E-state index is 11.8. The zero-order valence-corrected chi connectivity index (χ0v) is 11.2. The number of unbranched alkanes of at least 4 members (excludes halogenated alkanes) is 1. The van der Waals surface area contributed by atoms with E-state index >= 15 is 0 Å². The standard InChI is InChI=1S/C13H22N2O2/c1-5-7-8-11-14-9(3)12(10(4)15-11)13(16)17-6-2/h9H,5-8H2,1-4H3,(H,14,15). The second-order valence-electron chi connectivity index (χ2n) is 4.24. The van der Waals surface area contributed by atoms with Crippen molar-refractivity contribution in [2.75, 3.05) is 6.61 Å². The van der Waals surface area contributed by atoms with Crippen molar-refractivity contribution < 1.29 is 9.53 Å². The highest BCUT2D eigenvalue weighted by Gasteiger charge is 2.25. The minimum Gasteiger partial charge on any atom is -0.463 e. The van der Waals surface area contributed by atoms with Gasteiger partial charge >= 0.3 is 5.97 Å². The molecule has 0 aromatic rings. The van der Waals surface area contributed by atoms with Gasteiger partial charge in [-0.25, -0.2) is 4.79 Å². The van der Waals surface area contributed by atoms with Crippen LogP contribution in [-0.2, 0) is 9.53 Å². The first-order chi connectivity index (χ1) is 8.10. The van der Waals surface area contributed by atoms with E-state index in [0.29, 0.717) is 12.2 Å². The molecule has 0 radical (unpaired) electrons. The number of carbonyl (C=O) groups is 1. The summed E-state index contributed by atoms with van der Waals surface area (Å²) in [6.07, 6.45) is 3.19. The average Bonchev–Trinajstić information content (AvgIpc) is 2.25. The largest absolute Gasteiger partial charge is 0.463 e. The molecule has 0 amide bonds. The lowest BCUT2D eigenvalue weighted by atomic mass is 10.0. The van der Waals surface area contributed by atoms with Crippen LogP contribution in [0.5, 0.6) is 0 Å². The summed E-state index contributed by atoms with van der Waals surface area (Å²) in [5.74, 6) is 0.716. The van der Waals surface area contributed by atoms with Crippen LogP contribution in [0.15, 0.2) is 16.3 Å². The number of amidine groups is 1. The van der Waals surface area contributed by atoms with Crippen molar-refractivity contribution in [3.8, 4) is 0 Å². The Morgan fingerprint density at radius 3 is 2.71 bits per heavy atom. The number of allylic oxidation sites excluding steroid dienone is 1. The molecule has 0 bridgehead atoms. The van der Waals surface area contributed by atoms with E-state index in [9.17, 15) is 4.79 Å². The first-order valence-electron chi connectivity index (χ1n) is 6.31. The van der Waals surface area contributed by atoms with Gasteiger partial charge in [0.05, 0.1) is 18.2 Å². The van der Waals surface area contributed by atoms with Crippen LogP contribution in [-0.4, -0.2) is 24.5 Å². The minimum atomic E-state index is -0.261. The van der Waals surface area contributed by atoms with Crippen LogP contribution in [0.25, 0.3) is 0 Å². The maximum absolute atomic E-state index is 11.8. The Morgan fingerprint density at radius 1 is 1.47 bits per heavy atom. The predicted molar refractivity (Wildman–Crippen MR) is 68.9 cm³/mol. The zero-order valence-electron chi connectivity index (χ0n) is 11.2. The summed E-state index contributed by atoms with van der Waals surface area (Å²) in [7, 11) is 0. The van der Waals surface area contributed by atoms with Gasteiger partial charge < -0.3 is 10.1 Å². The lowest BCUT2D eigenvalue weighted by Crippen LogP contribution is -2.34. The van der Waals surface area contributed by atoms with Crippen LogP contribution in [0.1, 0.15) is 47.0 Å². The number of aliphatic imine (C=N–C) groups is 1. The van der Waals surface area contributed by atoms with E-state index in [1.807, 2.05) is 20.8 Å².